The number of hydrogen-bond donors (Lipinski definition) is 1. The van der Waals surface area contributed by atoms with Crippen molar-refractivity contribution in [2.45, 2.75) is 23.0 Å². The van der Waals surface area contributed by atoms with Crippen LogP contribution in [-0.4, -0.2) is 50.2 Å². The highest BCUT2D eigenvalue weighted by atomic mass is 32.2. The Morgan fingerprint density at radius 3 is 2.48 bits per heavy atom. The summed E-state index contributed by atoms with van der Waals surface area (Å²) < 4.78 is 79.2. The van der Waals surface area contributed by atoms with Crippen LogP contribution < -0.4 is 4.72 Å². The number of nitrogens with one attached hydrogen (secondary N) is 1. The molecule has 27 heavy (non-hydrogen) atoms. The van der Waals surface area contributed by atoms with E-state index >= 15 is 0 Å². The minimum atomic E-state index is -4.39. The third-order valence-corrected chi connectivity index (χ3v) is 5.78. The summed E-state index contributed by atoms with van der Waals surface area (Å²) in [6.07, 6.45) is -2.53. The molecule has 0 amide bonds. The lowest BCUT2D eigenvalue weighted by Gasteiger charge is -2.20. The SMILES string of the molecule is O=S(=O)(N[C@@H]1CN(CC(F)(F)F)C[C@H]1c1ccccc1)c1cncc(F)c1. The second-order valence-corrected chi connectivity index (χ2v) is 8.11. The molecule has 10 heteroatoms. The second-order valence-electron chi connectivity index (χ2n) is 6.39. The Kier molecular flexibility index (Phi) is 5.50. The Morgan fingerprint density at radius 1 is 1.15 bits per heavy atom. The quantitative estimate of drug-likeness (QED) is 0.780. The lowest BCUT2D eigenvalue weighted by molar-refractivity contribution is -0.143. The van der Waals surface area contributed by atoms with E-state index in [1.165, 1.54) is 0 Å². The Hall–Kier alpha value is -2.04. The van der Waals surface area contributed by atoms with Crippen molar-refractivity contribution >= 4 is 10.0 Å². The number of nitrogens with zero attached hydrogens (tertiary/aromatic N) is 2. The molecule has 1 aromatic heterocycles. The molecule has 0 unspecified atom stereocenters. The van der Waals surface area contributed by atoms with Gasteiger partial charge in [-0.05, 0) is 11.6 Å². The molecule has 0 bridgehead atoms. The molecule has 1 aliphatic heterocycles. The molecule has 0 aliphatic carbocycles. The predicted molar refractivity (Wildman–Crippen MR) is 90.0 cm³/mol. The van der Waals surface area contributed by atoms with E-state index in [2.05, 4.69) is 9.71 Å². The van der Waals surface area contributed by atoms with Gasteiger partial charge in [0.2, 0.25) is 10.0 Å². The van der Waals surface area contributed by atoms with E-state index in [0.717, 1.165) is 28.9 Å². The van der Waals surface area contributed by atoms with Crippen molar-refractivity contribution < 1.29 is 26.0 Å². The highest BCUT2D eigenvalue weighted by molar-refractivity contribution is 7.89. The average molecular weight is 403 g/mol. The van der Waals surface area contributed by atoms with Crippen molar-refractivity contribution in [3.63, 3.8) is 0 Å². The number of likely N-dealkylation sites (tertiary alicyclic amines) is 1. The Labute approximate surface area is 154 Å². The molecule has 1 fully saturated rings. The van der Waals surface area contributed by atoms with Crippen molar-refractivity contribution in [2.24, 2.45) is 0 Å². The molecule has 0 spiro atoms. The smallest absolute Gasteiger partial charge is 0.293 e. The van der Waals surface area contributed by atoms with Gasteiger partial charge in [0, 0.05) is 31.2 Å². The van der Waals surface area contributed by atoms with E-state index < -0.39 is 40.5 Å². The molecule has 146 valence electrons. The van der Waals surface area contributed by atoms with Gasteiger partial charge in [-0.2, -0.15) is 13.2 Å². The maximum atomic E-state index is 13.3. The maximum absolute atomic E-state index is 13.3. The Bertz CT molecular complexity index is 891. The van der Waals surface area contributed by atoms with Gasteiger partial charge < -0.3 is 0 Å². The number of sulfonamides is 1. The molecule has 5 nitrogen and oxygen atoms in total. The predicted octanol–water partition coefficient (Wildman–Crippen LogP) is 2.53. The maximum Gasteiger partial charge on any atom is 0.401 e. The molecule has 1 aromatic carbocycles. The average Bonchev–Trinajstić information content (AvgIpc) is 2.95. The fourth-order valence-corrected chi connectivity index (χ4v) is 4.47. The third kappa shape index (κ3) is 5.02. The summed E-state index contributed by atoms with van der Waals surface area (Å²) in [5.74, 6) is -1.28. The molecule has 1 N–H and O–H groups in total. The number of rotatable bonds is 5. The highest BCUT2D eigenvalue weighted by Gasteiger charge is 2.41. The molecule has 2 aromatic rings. The van der Waals surface area contributed by atoms with Crippen LogP contribution in [0.1, 0.15) is 11.5 Å². The summed E-state index contributed by atoms with van der Waals surface area (Å²) in [5, 5.41) is 0. The standard InChI is InChI=1S/C17H17F4N3O2S/c18-13-6-14(8-22-7-13)27(25,26)23-16-10-24(11-17(19,20)21)9-15(16)12-4-2-1-3-5-12/h1-8,15-16,23H,9-11H2/t15-,16+/m0/s1. The van der Waals surface area contributed by atoms with Crippen LogP contribution in [0.15, 0.2) is 53.7 Å². The summed E-state index contributed by atoms with van der Waals surface area (Å²) in [7, 11) is -4.13. The molecule has 0 saturated carbocycles. The zero-order valence-corrected chi connectivity index (χ0v) is 14.8. The van der Waals surface area contributed by atoms with Crippen molar-refractivity contribution in [1.82, 2.24) is 14.6 Å². The van der Waals surface area contributed by atoms with Crippen LogP contribution in [0.5, 0.6) is 0 Å². The monoisotopic (exact) mass is 403 g/mol. The second kappa shape index (κ2) is 7.53. The lowest BCUT2D eigenvalue weighted by Crippen LogP contribution is -2.40. The third-order valence-electron chi connectivity index (χ3n) is 4.32. The van der Waals surface area contributed by atoms with E-state index in [1.807, 2.05) is 0 Å². The van der Waals surface area contributed by atoms with Gasteiger partial charge in [-0.1, -0.05) is 30.3 Å². The molecular formula is C17H17F4N3O2S. The van der Waals surface area contributed by atoms with E-state index in [-0.39, 0.29) is 18.0 Å². The Balaban J connectivity index is 1.86. The van der Waals surface area contributed by atoms with Crippen molar-refractivity contribution in [3.05, 3.63) is 60.2 Å². The molecule has 2 heterocycles. The number of halogens is 4. The molecule has 1 saturated heterocycles. The fourth-order valence-electron chi connectivity index (χ4n) is 3.23. The Morgan fingerprint density at radius 2 is 1.85 bits per heavy atom. The minimum absolute atomic E-state index is 0.0537. The molecule has 0 radical (unpaired) electrons. The summed E-state index contributed by atoms with van der Waals surface area (Å²) >= 11 is 0. The van der Waals surface area contributed by atoms with Gasteiger partial charge in [0.15, 0.2) is 0 Å². The summed E-state index contributed by atoms with van der Waals surface area (Å²) in [6.45, 7) is -1.19. The van der Waals surface area contributed by atoms with Crippen LogP contribution in [0, 0.1) is 5.82 Å². The normalized spacial score (nSPS) is 21.5. The van der Waals surface area contributed by atoms with Crippen LogP contribution in [0.2, 0.25) is 0 Å². The largest absolute Gasteiger partial charge is 0.401 e. The van der Waals surface area contributed by atoms with E-state index in [0.29, 0.717) is 0 Å². The lowest BCUT2D eigenvalue weighted by atomic mass is 9.95. The van der Waals surface area contributed by atoms with Crippen LogP contribution in [0.3, 0.4) is 0 Å². The molecule has 1 aliphatic rings. The zero-order chi connectivity index (χ0) is 19.7. The number of alkyl halides is 3. The van der Waals surface area contributed by atoms with E-state index in [9.17, 15) is 26.0 Å². The summed E-state index contributed by atoms with van der Waals surface area (Å²) in [5.41, 5.74) is 0.729. The summed E-state index contributed by atoms with van der Waals surface area (Å²) in [4.78, 5) is 4.30. The number of aromatic nitrogens is 1. The van der Waals surface area contributed by atoms with Gasteiger partial charge in [0.25, 0.3) is 0 Å². The van der Waals surface area contributed by atoms with Crippen molar-refractivity contribution in [2.75, 3.05) is 19.6 Å². The molecule has 2 atom stereocenters. The van der Waals surface area contributed by atoms with Crippen LogP contribution >= 0.6 is 0 Å². The molecular weight excluding hydrogens is 386 g/mol. The minimum Gasteiger partial charge on any atom is -0.293 e. The first-order chi connectivity index (χ1) is 12.6. The highest BCUT2D eigenvalue weighted by Crippen LogP contribution is 2.31. The van der Waals surface area contributed by atoms with Gasteiger partial charge in [-0.15, -0.1) is 0 Å². The number of benzene rings is 1. The van der Waals surface area contributed by atoms with Gasteiger partial charge in [0.1, 0.15) is 10.7 Å². The van der Waals surface area contributed by atoms with E-state index in [4.69, 9.17) is 0 Å². The van der Waals surface area contributed by atoms with Gasteiger partial charge in [0.05, 0.1) is 12.7 Å². The van der Waals surface area contributed by atoms with Crippen LogP contribution in [-0.2, 0) is 10.0 Å². The number of pyridine rings is 1. The van der Waals surface area contributed by atoms with Gasteiger partial charge >= 0.3 is 6.18 Å². The first-order valence-electron chi connectivity index (χ1n) is 8.11. The first kappa shape index (κ1) is 19.7. The van der Waals surface area contributed by atoms with Crippen molar-refractivity contribution in [3.8, 4) is 0 Å². The van der Waals surface area contributed by atoms with Gasteiger partial charge in [-0.25, -0.2) is 17.5 Å². The van der Waals surface area contributed by atoms with Crippen LogP contribution in [0.4, 0.5) is 17.6 Å². The fraction of sp³-hybridized carbons (Fsp3) is 0.353. The van der Waals surface area contributed by atoms with Crippen molar-refractivity contribution in [1.29, 1.82) is 0 Å². The zero-order valence-electron chi connectivity index (χ0n) is 14.0. The molecule has 3 rings (SSSR count). The first-order valence-corrected chi connectivity index (χ1v) is 9.59. The summed E-state index contributed by atoms with van der Waals surface area (Å²) in [6, 6.07) is 8.76. The van der Waals surface area contributed by atoms with Gasteiger partial charge in [-0.3, -0.25) is 9.88 Å². The van der Waals surface area contributed by atoms with E-state index in [1.54, 1.807) is 30.3 Å². The number of hydrogen-bond acceptors (Lipinski definition) is 4. The topological polar surface area (TPSA) is 62.3 Å². The van der Waals surface area contributed by atoms with Crippen LogP contribution in [0.25, 0.3) is 0 Å².